The third kappa shape index (κ3) is 2.26. The summed E-state index contributed by atoms with van der Waals surface area (Å²) in [5.74, 6) is -0.722. The van der Waals surface area contributed by atoms with E-state index in [4.69, 9.17) is 5.11 Å². The van der Waals surface area contributed by atoms with Crippen LogP contribution in [0.25, 0.3) is 10.9 Å². The van der Waals surface area contributed by atoms with Crippen molar-refractivity contribution in [1.29, 1.82) is 0 Å². The number of carbonyl (C=O) groups is 1. The molecule has 1 N–H and O–H groups in total. The first kappa shape index (κ1) is 12.7. The van der Waals surface area contributed by atoms with Crippen LogP contribution in [0.4, 0.5) is 0 Å². The van der Waals surface area contributed by atoms with Crippen LogP contribution in [-0.4, -0.2) is 15.6 Å². The van der Waals surface area contributed by atoms with Crippen LogP contribution >= 0.6 is 0 Å². The number of carboxylic acid groups (broad SMARTS) is 1. The van der Waals surface area contributed by atoms with Gasteiger partial charge in [0.25, 0.3) is 0 Å². The summed E-state index contributed by atoms with van der Waals surface area (Å²) in [4.78, 5) is 10.9. The summed E-state index contributed by atoms with van der Waals surface area (Å²) < 4.78 is 2.24. The summed E-state index contributed by atoms with van der Waals surface area (Å²) in [5.41, 5.74) is 2.29. The molecule has 3 nitrogen and oxygen atoms in total. The molecule has 0 saturated carbocycles. The van der Waals surface area contributed by atoms with E-state index in [1.165, 1.54) is 10.9 Å². The molecule has 96 valence electrons. The lowest BCUT2D eigenvalue weighted by Gasteiger charge is -2.18. The molecule has 0 saturated heterocycles. The molecule has 2 aromatic rings. The van der Waals surface area contributed by atoms with Crippen LogP contribution in [-0.2, 0) is 4.79 Å². The smallest absolute Gasteiger partial charge is 0.304 e. The van der Waals surface area contributed by atoms with Gasteiger partial charge in [0.2, 0.25) is 0 Å². The second kappa shape index (κ2) is 4.84. The summed E-state index contributed by atoms with van der Waals surface area (Å²) in [7, 11) is 0. The van der Waals surface area contributed by atoms with Gasteiger partial charge in [-0.1, -0.05) is 25.1 Å². The highest BCUT2D eigenvalue weighted by atomic mass is 16.4. The van der Waals surface area contributed by atoms with Gasteiger partial charge in [-0.25, -0.2) is 0 Å². The largest absolute Gasteiger partial charge is 0.481 e. The maximum absolute atomic E-state index is 10.9. The number of hydrogen-bond donors (Lipinski definition) is 1. The number of benzene rings is 1. The van der Waals surface area contributed by atoms with Gasteiger partial charge in [-0.3, -0.25) is 4.79 Å². The van der Waals surface area contributed by atoms with E-state index in [0.29, 0.717) is 6.04 Å². The van der Waals surface area contributed by atoms with Crippen LogP contribution in [0.1, 0.15) is 44.8 Å². The lowest BCUT2D eigenvalue weighted by atomic mass is 10.0. The SMILES string of the molecule is CC(CC(=O)O)c1cc2ccccc2n1C(C)C. The summed E-state index contributed by atoms with van der Waals surface area (Å²) in [6.45, 7) is 6.23. The number of carboxylic acids is 1. The van der Waals surface area contributed by atoms with E-state index < -0.39 is 5.97 Å². The van der Waals surface area contributed by atoms with Crippen molar-refractivity contribution in [3.05, 3.63) is 36.0 Å². The Morgan fingerprint density at radius 3 is 2.56 bits per heavy atom. The van der Waals surface area contributed by atoms with E-state index >= 15 is 0 Å². The van der Waals surface area contributed by atoms with Gasteiger partial charge in [-0.2, -0.15) is 0 Å². The molecule has 1 unspecified atom stereocenters. The van der Waals surface area contributed by atoms with Crippen molar-refractivity contribution in [1.82, 2.24) is 4.57 Å². The highest BCUT2D eigenvalue weighted by molar-refractivity contribution is 5.82. The van der Waals surface area contributed by atoms with Gasteiger partial charge in [-0.05, 0) is 31.4 Å². The number of aliphatic carboxylic acids is 1. The zero-order valence-electron chi connectivity index (χ0n) is 11.1. The number of nitrogens with zero attached hydrogens (tertiary/aromatic N) is 1. The Morgan fingerprint density at radius 2 is 1.94 bits per heavy atom. The van der Waals surface area contributed by atoms with E-state index in [9.17, 15) is 4.79 Å². The van der Waals surface area contributed by atoms with E-state index in [1.54, 1.807) is 0 Å². The van der Waals surface area contributed by atoms with Crippen molar-refractivity contribution < 1.29 is 9.90 Å². The first-order chi connectivity index (χ1) is 8.50. The summed E-state index contributed by atoms with van der Waals surface area (Å²) >= 11 is 0. The fraction of sp³-hybridized carbons (Fsp3) is 0.400. The number of rotatable bonds is 4. The zero-order chi connectivity index (χ0) is 13.3. The van der Waals surface area contributed by atoms with E-state index in [2.05, 4.69) is 36.6 Å². The molecule has 1 atom stereocenters. The molecule has 1 heterocycles. The first-order valence-corrected chi connectivity index (χ1v) is 6.32. The Balaban J connectivity index is 2.55. The Labute approximate surface area is 107 Å². The molecule has 0 aliphatic rings. The number of para-hydroxylation sites is 1. The second-order valence-corrected chi connectivity index (χ2v) is 5.09. The van der Waals surface area contributed by atoms with Crippen LogP contribution in [0.5, 0.6) is 0 Å². The van der Waals surface area contributed by atoms with Crippen molar-refractivity contribution in [3.63, 3.8) is 0 Å². The zero-order valence-corrected chi connectivity index (χ0v) is 11.1. The molecular formula is C15H19NO2. The standard InChI is InChI=1S/C15H19NO2/c1-10(2)16-13-7-5-4-6-12(13)9-14(16)11(3)8-15(17)18/h4-7,9-11H,8H2,1-3H3,(H,17,18). The minimum absolute atomic E-state index is 0.0253. The molecule has 3 heteroatoms. The summed E-state index contributed by atoms with van der Waals surface area (Å²) in [5, 5.41) is 10.1. The third-order valence-electron chi connectivity index (χ3n) is 3.28. The molecule has 0 spiro atoms. The van der Waals surface area contributed by atoms with Gasteiger partial charge < -0.3 is 9.67 Å². The van der Waals surface area contributed by atoms with Crippen LogP contribution < -0.4 is 0 Å². The Morgan fingerprint density at radius 1 is 1.28 bits per heavy atom. The molecule has 1 aromatic carbocycles. The van der Waals surface area contributed by atoms with Crippen LogP contribution in [0, 0.1) is 0 Å². The van der Waals surface area contributed by atoms with Gasteiger partial charge in [0.15, 0.2) is 0 Å². The lowest BCUT2D eigenvalue weighted by Crippen LogP contribution is -2.11. The summed E-state index contributed by atoms with van der Waals surface area (Å²) in [6.07, 6.45) is 0.170. The fourth-order valence-corrected chi connectivity index (χ4v) is 2.52. The van der Waals surface area contributed by atoms with Crippen molar-refractivity contribution in [2.24, 2.45) is 0 Å². The quantitative estimate of drug-likeness (QED) is 0.890. The van der Waals surface area contributed by atoms with Gasteiger partial charge >= 0.3 is 5.97 Å². The topological polar surface area (TPSA) is 42.2 Å². The molecular weight excluding hydrogens is 226 g/mol. The van der Waals surface area contributed by atoms with Crippen molar-refractivity contribution in [2.45, 2.75) is 39.2 Å². The average Bonchev–Trinajstić information content (AvgIpc) is 2.67. The Bertz CT molecular complexity index is 569. The van der Waals surface area contributed by atoms with E-state index in [1.807, 2.05) is 19.1 Å². The van der Waals surface area contributed by atoms with Crippen molar-refractivity contribution in [2.75, 3.05) is 0 Å². The second-order valence-electron chi connectivity index (χ2n) is 5.09. The van der Waals surface area contributed by atoms with Gasteiger partial charge in [-0.15, -0.1) is 0 Å². The van der Waals surface area contributed by atoms with Gasteiger partial charge in [0.1, 0.15) is 0 Å². The van der Waals surface area contributed by atoms with Crippen LogP contribution in [0.2, 0.25) is 0 Å². The van der Waals surface area contributed by atoms with Gasteiger partial charge in [0.05, 0.1) is 6.42 Å². The Kier molecular flexibility index (Phi) is 3.41. The molecule has 1 aromatic heterocycles. The minimum Gasteiger partial charge on any atom is -0.481 e. The minimum atomic E-state index is -0.747. The molecule has 0 aliphatic heterocycles. The first-order valence-electron chi connectivity index (χ1n) is 6.32. The highest BCUT2D eigenvalue weighted by Gasteiger charge is 2.18. The average molecular weight is 245 g/mol. The molecule has 0 bridgehead atoms. The molecule has 0 radical (unpaired) electrons. The molecule has 0 amide bonds. The molecule has 18 heavy (non-hydrogen) atoms. The maximum Gasteiger partial charge on any atom is 0.304 e. The number of aromatic nitrogens is 1. The fourth-order valence-electron chi connectivity index (χ4n) is 2.52. The third-order valence-corrected chi connectivity index (χ3v) is 3.28. The Hall–Kier alpha value is -1.77. The van der Waals surface area contributed by atoms with E-state index in [0.717, 1.165) is 5.69 Å². The number of hydrogen-bond acceptors (Lipinski definition) is 1. The van der Waals surface area contributed by atoms with Crippen molar-refractivity contribution in [3.8, 4) is 0 Å². The van der Waals surface area contributed by atoms with E-state index in [-0.39, 0.29) is 12.3 Å². The monoisotopic (exact) mass is 245 g/mol. The highest BCUT2D eigenvalue weighted by Crippen LogP contribution is 2.30. The molecule has 0 aliphatic carbocycles. The van der Waals surface area contributed by atoms with Crippen LogP contribution in [0.3, 0.4) is 0 Å². The summed E-state index contributed by atoms with van der Waals surface area (Å²) in [6, 6.07) is 10.6. The van der Waals surface area contributed by atoms with Gasteiger partial charge in [0, 0.05) is 23.2 Å². The maximum atomic E-state index is 10.9. The number of fused-ring (bicyclic) bond motifs is 1. The van der Waals surface area contributed by atoms with Crippen molar-refractivity contribution >= 4 is 16.9 Å². The predicted molar refractivity (Wildman–Crippen MR) is 73.0 cm³/mol. The van der Waals surface area contributed by atoms with Crippen LogP contribution in [0.15, 0.2) is 30.3 Å². The normalized spacial score (nSPS) is 13.1. The molecule has 2 rings (SSSR count). The predicted octanol–water partition coefficient (Wildman–Crippen LogP) is 3.80. The lowest BCUT2D eigenvalue weighted by molar-refractivity contribution is -0.137. The molecule has 0 fully saturated rings.